The maximum atomic E-state index is 13.4. The zero-order valence-electron chi connectivity index (χ0n) is 13.1. The molecule has 5 nitrogen and oxygen atoms in total. The van der Waals surface area contributed by atoms with Crippen LogP contribution in [0.2, 0.25) is 10.0 Å². The second-order valence-electron chi connectivity index (χ2n) is 4.87. The van der Waals surface area contributed by atoms with E-state index in [1.165, 1.54) is 30.3 Å². The van der Waals surface area contributed by atoms with E-state index in [-0.39, 0.29) is 22.2 Å². The molecule has 0 aromatic heterocycles. The van der Waals surface area contributed by atoms with E-state index in [2.05, 4.69) is 0 Å². The van der Waals surface area contributed by atoms with E-state index in [1.807, 2.05) is 0 Å². The number of anilines is 1. The van der Waals surface area contributed by atoms with Crippen LogP contribution in [0.4, 0.5) is 10.1 Å². The van der Waals surface area contributed by atoms with Crippen molar-refractivity contribution in [1.82, 2.24) is 0 Å². The van der Waals surface area contributed by atoms with Gasteiger partial charge < -0.3 is 4.74 Å². The van der Waals surface area contributed by atoms with Gasteiger partial charge in [0.25, 0.3) is 10.0 Å². The van der Waals surface area contributed by atoms with Gasteiger partial charge in [0.2, 0.25) is 0 Å². The quantitative estimate of drug-likeness (QED) is 0.683. The van der Waals surface area contributed by atoms with Gasteiger partial charge in [-0.25, -0.2) is 12.8 Å². The second kappa shape index (κ2) is 8.03. The molecule has 0 N–H and O–H groups in total. The molecule has 0 aliphatic rings. The Labute approximate surface area is 155 Å². The van der Waals surface area contributed by atoms with Crippen molar-refractivity contribution in [1.29, 1.82) is 0 Å². The second-order valence-corrected chi connectivity index (χ2v) is 7.57. The Morgan fingerprint density at radius 3 is 2.36 bits per heavy atom. The molecule has 134 valence electrons. The van der Waals surface area contributed by atoms with E-state index in [9.17, 15) is 17.6 Å². The Bertz CT molecular complexity index is 872. The average Bonchev–Trinajstić information content (AvgIpc) is 2.56. The first kappa shape index (κ1) is 19.5. The van der Waals surface area contributed by atoms with E-state index in [0.717, 1.165) is 16.4 Å². The number of carbonyl (C=O) groups excluding carboxylic acids is 1. The molecule has 0 saturated heterocycles. The van der Waals surface area contributed by atoms with Crippen molar-refractivity contribution in [3.05, 3.63) is 58.3 Å². The predicted octanol–water partition coefficient (Wildman–Crippen LogP) is 3.89. The Kier molecular flexibility index (Phi) is 6.26. The first-order valence-electron chi connectivity index (χ1n) is 7.14. The molecule has 0 unspecified atom stereocenters. The number of hydrogen-bond acceptors (Lipinski definition) is 4. The molecule has 0 spiro atoms. The first-order chi connectivity index (χ1) is 11.8. The Balaban J connectivity index is 2.51. The molecule has 0 saturated carbocycles. The Morgan fingerprint density at radius 1 is 1.16 bits per heavy atom. The van der Waals surface area contributed by atoms with Crippen LogP contribution in [0.3, 0.4) is 0 Å². The van der Waals surface area contributed by atoms with Crippen LogP contribution in [0.15, 0.2) is 47.4 Å². The van der Waals surface area contributed by atoms with Crippen molar-refractivity contribution >= 4 is 44.9 Å². The van der Waals surface area contributed by atoms with Crippen LogP contribution in [-0.4, -0.2) is 27.5 Å². The van der Waals surface area contributed by atoms with E-state index in [1.54, 1.807) is 6.92 Å². The normalized spacial score (nSPS) is 11.2. The Hall–Kier alpha value is -1.83. The number of carbonyl (C=O) groups is 1. The van der Waals surface area contributed by atoms with Crippen molar-refractivity contribution in [2.24, 2.45) is 0 Å². The van der Waals surface area contributed by atoms with Crippen LogP contribution in [0, 0.1) is 5.82 Å². The zero-order valence-corrected chi connectivity index (χ0v) is 15.4. The number of rotatable bonds is 6. The van der Waals surface area contributed by atoms with Crippen LogP contribution in [0.1, 0.15) is 6.92 Å². The number of hydrogen-bond donors (Lipinski definition) is 0. The first-order valence-corrected chi connectivity index (χ1v) is 9.34. The average molecular weight is 406 g/mol. The summed E-state index contributed by atoms with van der Waals surface area (Å²) in [4.78, 5) is 11.8. The van der Waals surface area contributed by atoms with Crippen LogP contribution in [0.25, 0.3) is 0 Å². The molecule has 2 aromatic rings. The van der Waals surface area contributed by atoms with Crippen molar-refractivity contribution < 1.29 is 22.3 Å². The lowest BCUT2D eigenvalue weighted by atomic mass is 10.3. The minimum Gasteiger partial charge on any atom is -0.465 e. The van der Waals surface area contributed by atoms with E-state index >= 15 is 0 Å². The van der Waals surface area contributed by atoms with Gasteiger partial charge in [0, 0.05) is 5.02 Å². The van der Waals surface area contributed by atoms with E-state index in [4.69, 9.17) is 27.9 Å². The SMILES string of the molecule is CCOC(=O)CN(c1ccc(F)c(Cl)c1)S(=O)(=O)c1ccc(Cl)cc1. The summed E-state index contributed by atoms with van der Waals surface area (Å²) in [6, 6.07) is 8.80. The zero-order chi connectivity index (χ0) is 18.6. The van der Waals surface area contributed by atoms with Gasteiger partial charge in [-0.1, -0.05) is 23.2 Å². The Morgan fingerprint density at radius 2 is 1.80 bits per heavy atom. The number of benzene rings is 2. The van der Waals surface area contributed by atoms with Crippen molar-refractivity contribution in [2.45, 2.75) is 11.8 Å². The maximum absolute atomic E-state index is 13.4. The highest BCUT2D eigenvalue weighted by molar-refractivity contribution is 7.92. The lowest BCUT2D eigenvalue weighted by Crippen LogP contribution is -2.36. The summed E-state index contributed by atoms with van der Waals surface area (Å²) in [7, 11) is -4.12. The molecule has 25 heavy (non-hydrogen) atoms. The largest absolute Gasteiger partial charge is 0.465 e. The fourth-order valence-corrected chi connectivity index (χ4v) is 3.71. The standard InChI is InChI=1S/C16H14Cl2FNO4S/c1-2-24-16(21)10-20(12-5-8-15(19)14(18)9-12)25(22,23)13-6-3-11(17)4-7-13/h3-9H,2,10H2,1H3. The molecular weight excluding hydrogens is 392 g/mol. The molecule has 0 bridgehead atoms. The van der Waals surface area contributed by atoms with Gasteiger partial charge in [0.05, 0.1) is 22.2 Å². The fourth-order valence-electron chi connectivity index (χ4n) is 2.01. The van der Waals surface area contributed by atoms with Crippen LogP contribution in [0.5, 0.6) is 0 Å². The smallest absolute Gasteiger partial charge is 0.326 e. The van der Waals surface area contributed by atoms with E-state index in [0.29, 0.717) is 5.02 Å². The number of esters is 1. The van der Waals surface area contributed by atoms with Gasteiger partial charge in [0.1, 0.15) is 12.4 Å². The molecule has 0 heterocycles. The summed E-state index contributed by atoms with van der Waals surface area (Å²) in [5.41, 5.74) is 0.0365. The number of sulfonamides is 1. The van der Waals surface area contributed by atoms with Gasteiger partial charge in [-0.15, -0.1) is 0 Å². The molecular formula is C16H14Cl2FNO4S. The topological polar surface area (TPSA) is 63.7 Å². The highest BCUT2D eigenvalue weighted by Crippen LogP contribution is 2.28. The summed E-state index contributed by atoms with van der Waals surface area (Å²) in [5.74, 6) is -1.45. The molecule has 0 aliphatic carbocycles. The highest BCUT2D eigenvalue weighted by atomic mass is 35.5. The third-order valence-corrected chi connectivity index (χ3v) is 5.50. The highest BCUT2D eigenvalue weighted by Gasteiger charge is 2.28. The number of ether oxygens (including phenoxy) is 1. The fraction of sp³-hybridized carbons (Fsp3) is 0.188. The molecule has 2 rings (SSSR count). The van der Waals surface area contributed by atoms with Gasteiger partial charge in [-0.2, -0.15) is 0 Å². The number of halogens is 3. The minimum atomic E-state index is -4.12. The summed E-state index contributed by atoms with van der Waals surface area (Å²) in [6.45, 7) is 1.11. The van der Waals surface area contributed by atoms with E-state index < -0.39 is 28.4 Å². The molecule has 0 aliphatic heterocycles. The monoisotopic (exact) mass is 405 g/mol. The van der Waals surface area contributed by atoms with Crippen LogP contribution in [-0.2, 0) is 19.6 Å². The molecule has 9 heteroatoms. The van der Waals surface area contributed by atoms with Crippen molar-refractivity contribution in [2.75, 3.05) is 17.5 Å². The summed E-state index contributed by atoms with van der Waals surface area (Å²) < 4.78 is 44.9. The molecule has 2 aromatic carbocycles. The van der Waals surface area contributed by atoms with Crippen molar-refractivity contribution in [3.8, 4) is 0 Å². The molecule has 0 amide bonds. The van der Waals surface area contributed by atoms with Crippen LogP contribution < -0.4 is 4.31 Å². The van der Waals surface area contributed by atoms with Gasteiger partial charge >= 0.3 is 5.97 Å². The molecule has 0 atom stereocenters. The third kappa shape index (κ3) is 4.62. The molecule has 0 fully saturated rings. The maximum Gasteiger partial charge on any atom is 0.326 e. The lowest BCUT2D eigenvalue weighted by Gasteiger charge is -2.24. The van der Waals surface area contributed by atoms with Gasteiger partial charge in [-0.05, 0) is 49.4 Å². The van der Waals surface area contributed by atoms with Gasteiger partial charge in [0.15, 0.2) is 0 Å². The summed E-state index contributed by atoms with van der Waals surface area (Å²) >= 11 is 11.5. The third-order valence-electron chi connectivity index (χ3n) is 3.17. The summed E-state index contributed by atoms with van der Waals surface area (Å²) in [6.07, 6.45) is 0. The van der Waals surface area contributed by atoms with Crippen LogP contribution >= 0.6 is 23.2 Å². The predicted molar refractivity (Wildman–Crippen MR) is 94.0 cm³/mol. The van der Waals surface area contributed by atoms with Gasteiger partial charge in [-0.3, -0.25) is 9.10 Å². The summed E-state index contributed by atoms with van der Waals surface area (Å²) in [5, 5.41) is 0.0957. The molecule has 0 radical (unpaired) electrons. The lowest BCUT2D eigenvalue weighted by molar-refractivity contribution is -0.141. The minimum absolute atomic E-state index is 0.0365. The number of nitrogens with zero attached hydrogens (tertiary/aromatic N) is 1. The van der Waals surface area contributed by atoms with Crippen molar-refractivity contribution in [3.63, 3.8) is 0 Å².